The predicted octanol–water partition coefficient (Wildman–Crippen LogP) is 1.66. The summed E-state index contributed by atoms with van der Waals surface area (Å²) in [5, 5.41) is 7.58. The summed E-state index contributed by atoms with van der Waals surface area (Å²) in [5.41, 5.74) is 3.74. The number of benzene rings is 1. The zero-order valence-electron chi connectivity index (χ0n) is 10.7. The Morgan fingerprint density at radius 2 is 2.28 bits per heavy atom. The molecule has 1 aliphatic rings. The molecule has 0 radical (unpaired) electrons. The first-order valence-corrected chi connectivity index (χ1v) is 6.19. The summed E-state index contributed by atoms with van der Waals surface area (Å²) in [4.78, 5) is 0. The highest BCUT2D eigenvalue weighted by Gasteiger charge is 2.18. The van der Waals surface area contributed by atoms with Crippen molar-refractivity contribution in [1.82, 2.24) is 15.1 Å². The summed E-state index contributed by atoms with van der Waals surface area (Å²) in [6, 6.07) is 6.61. The molecule has 0 fully saturated rings. The number of aromatic nitrogens is 2. The van der Waals surface area contributed by atoms with Gasteiger partial charge in [0.1, 0.15) is 5.75 Å². The Balaban J connectivity index is 1.96. The molecular weight excluding hydrogens is 226 g/mol. The zero-order valence-corrected chi connectivity index (χ0v) is 10.7. The number of hydrogen-bond donors (Lipinski definition) is 1. The van der Waals surface area contributed by atoms with Crippen LogP contribution in [0.15, 0.2) is 30.6 Å². The van der Waals surface area contributed by atoms with Crippen LogP contribution in [0.1, 0.15) is 22.7 Å². The highest BCUT2D eigenvalue weighted by Crippen LogP contribution is 2.30. The fourth-order valence-electron chi connectivity index (χ4n) is 2.50. The third-order valence-electron chi connectivity index (χ3n) is 3.39. The van der Waals surface area contributed by atoms with Crippen LogP contribution in [0.2, 0.25) is 0 Å². The summed E-state index contributed by atoms with van der Waals surface area (Å²) in [6.07, 6.45) is 4.96. The molecule has 1 N–H and O–H groups in total. The standard InChI is InChI=1S/C14H17N3O/c1-15-14(12-8-16-17(2)9-12)11-3-4-13-10(7-11)5-6-18-13/h3-4,7-9,14-15H,5-6H2,1-2H3. The van der Waals surface area contributed by atoms with E-state index in [4.69, 9.17) is 4.74 Å². The highest BCUT2D eigenvalue weighted by atomic mass is 16.5. The fraction of sp³-hybridized carbons (Fsp3) is 0.357. The maximum atomic E-state index is 5.54. The van der Waals surface area contributed by atoms with Crippen LogP contribution in [0.4, 0.5) is 0 Å². The van der Waals surface area contributed by atoms with Gasteiger partial charge in [-0.2, -0.15) is 5.10 Å². The lowest BCUT2D eigenvalue weighted by molar-refractivity contribution is 0.357. The summed E-state index contributed by atoms with van der Waals surface area (Å²) in [6.45, 7) is 0.801. The van der Waals surface area contributed by atoms with Crippen molar-refractivity contribution in [2.45, 2.75) is 12.5 Å². The number of nitrogens with zero attached hydrogens (tertiary/aromatic N) is 2. The van der Waals surface area contributed by atoms with Crippen LogP contribution in [0.25, 0.3) is 0 Å². The van der Waals surface area contributed by atoms with E-state index in [1.165, 1.54) is 16.7 Å². The molecule has 0 bridgehead atoms. The number of rotatable bonds is 3. The molecule has 4 heteroatoms. The van der Waals surface area contributed by atoms with Gasteiger partial charge < -0.3 is 10.1 Å². The first-order chi connectivity index (χ1) is 8.78. The molecule has 1 unspecified atom stereocenters. The first-order valence-electron chi connectivity index (χ1n) is 6.19. The second-order valence-corrected chi connectivity index (χ2v) is 4.63. The van der Waals surface area contributed by atoms with Crippen molar-refractivity contribution in [3.8, 4) is 5.75 Å². The van der Waals surface area contributed by atoms with Crippen LogP contribution in [0, 0.1) is 0 Å². The van der Waals surface area contributed by atoms with Crippen LogP contribution in [0.3, 0.4) is 0 Å². The maximum Gasteiger partial charge on any atom is 0.122 e. The third-order valence-corrected chi connectivity index (χ3v) is 3.39. The minimum atomic E-state index is 0.185. The third kappa shape index (κ3) is 1.88. The van der Waals surface area contributed by atoms with E-state index in [0.717, 1.165) is 18.8 Å². The molecule has 0 aliphatic carbocycles. The lowest BCUT2D eigenvalue weighted by atomic mass is 9.99. The van der Waals surface area contributed by atoms with E-state index < -0.39 is 0 Å². The van der Waals surface area contributed by atoms with Gasteiger partial charge in [-0.15, -0.1) is 0 Å². The van der Waals surface area contributed by atoms with Gasteiger partial charge in [0.05, 0.1) is 18.8 Å². The Bertz CT molecular complexity index is 562. The molecule has 1 aromatic heterocycles. The number of hydrogen-bond acceptors (Lipinski definition) is 3. The van der Waals surface area contributed by atoms with Crippen LogP contribution >= 0.6 is 0 Å². The van der Waals surface area contributed by atoms with Gasteiger partial charge >= 0.3 is 0 Å². The molecule has 4 nitrogen and oxygen atoms in total. The van der Waals surface area contributed by atoms with Crippen molar-refractivity contribution in [1.29, 1.82) is 0 Å². The van der Waals surface area contributed by atoms with Gasteiger partial charge in [-0.1, -0.05) is 12.1 Å². The van der Waals surface area contributed by atoms with Crippen molar-refractivity contribution in [2.24, 2.45) is 7.05 Å². The molecule has 94 valence electrons. The monoisotopic (exact) mass is 243 g/mol. The van der Waals surface area contributed by atoms with E-state index in [9.17, 15) is 0 Å². The maximum absolute atomic E-state index is 5.54. The number of nitrogens with one attached hydrogen (secondary N) is 1. The molecule has 2 heterocycles. The molecule has 2 aromatic rings. The molecule has 0 saturated heterocycles. The molecule has 0 spiro atoms. The first kappa shape index (κ1) is 11.3. The predicted molar refractivity (Wildman–Crippen MR) is 69.8 cm³/mol. The largest absolute Gasteiger partial charge is 0.493 e. The molecule has 1 aromatic carbocycles. The molecule has 3 rings (SSSR count). The van der Waals surface area contributed by atoms with Crippen LogP contribution < -0.4 is 10.1 Å². The summed E-state index contributed by atoms with van der Waals surface area (Å²) < 4.78 is 7.37. The Morgan fingerprint density at radius 1 is 1.39 bits per heavy atom. The summed E-state index contributed by atoms with van der Waals surface area (Å²) in [7, 11) is 3.91. The van der Waals surface area contributed by atoms with Gasteiger partial charge in [-0.25, -0.2) is 0 Å². The second kappa shape index (κ2) is 4.46. The highest BCUT2D eigenvalue weighted by molar-refractivity contribution is 5.42. The molecular formula is C14H17N3O. The molecule has 1 atom stereocenters. The van der Waals surface area contributed by atoms with Crippen molar-refractivity contribution in [2.75, 3.05) is 13.7 Å². The summed E-state index contributed by atoms with van der Waals surface area (Å²) >= 11 is 0. The van der Waals surface area contributed by atoms with Gasteiger partial charge in [-0.3, -0.25) is 4.68 Å². The van der Waals surface area contributed by atoms with Crippen molar-refractivity contribution in [3.05, 3.63) is 47.3 Å². The molecule has 1 aliphatic heterocycles. The number of fused-ring (bicyclic) bond motifs is 1. The van der Waals surface area contributed by atoms with Gasteiger partial charge in [0.2, 0.25) is 0 Å². The van der Waals surface area contributed by atoms with E-state index in [1.807, 2.05) is 31.2 Å². The van der Waals surface area contributed by atoms with Gasteiger partial charge in [0.15, 0.2) is 0 Å². The van der Waals surface area contributed by atoms with Crippen molar-refractivity contribution >= 4 is 0 Å². The van der Waals surface area contributed by atoms with Gasteiger partial charge in [0.25, 0.3) is 0 Å². The van der Waals surface area contributed by atoms with E-state index in [-0.39, 0.29) is 6.04 Å². The lowest BCUT2D eigenvalue weighted by Gasteiger charge is -2.15. The van der Waals surface area contributed by atoms with E-state index in [0.29, 0.717) is 0 Å². The van der Waals surface area contributed by atoms with Crippen molar-refractivity contribution in [3.63, 3.8) is 0 Å². The van der Waals surface area contributed by atoms with Gasteiger partial charge in [0, 0.05) is 25.2 Å². The average Bonchev–Trinajstić information content (AvgIpc) is 2.99. The molecule has 18 heavy (non-hydrogen) atoms. The van der Waals surface area contributed by atoms with Gasteiger partial charge in [-0.05, 0) is 24.2 Å². The van der Waals surface area contributed by atoms with E-state index in [2.05, 4.69) is 28.6 Å². The summed E-state index contributed by atoms with van der Waals surface area (Å²) in [5.74, 6) is 1.03. The normalized spacial score (nSPS) is 15.2. The number of aryl methyl sites for hydroxylation is 1. The SMILES string of the molecule is CNC(c1ccc2c(c1)CCO2)c1cnn(C)c1. The fourth-order valence-corrected chi connectivity index (χ4v) is 2.50. The zero-order chi connectivity index (χ0) is 12.5. The Morgan fingerprint density at radius 3 is 3.00 bits per heavy atom. The minimum Gasteiger partial charge on any atom is -0.493 e. The molecule has 0 saturated carbocycles. The topological polar surface area (TPSA) is 39.1 Å². The Hall–Kier alpha value is -1.81. The van der Waals surface area contributed by atoms with Crippen molar-refractivity contribution < 1.29 is 4.74 Å². The number of ether oxygens (including phenoxy) is 1. The lowest BCUT2D eigenvalue weighted by Crippen LogP contribution is -2.17. The Labute approximate surface area is 107 Å². The smallest absolute Gasteiger partial charge is 0.122 e. The van der Waals surface area contributed by atoms with Crippen LogP contribution in [-0.4, -0.2) is 23.4 Å². The van der Waals surface area contributed by atoms with Crippen LogP contribution in [-0.2, 0) is 13.5 Å². The Kier molecular flexibility index (Phi) is 2.80. The van der Waals surface area contributed by atoms with E-state index >= 15 is 0 Å². The minimum absolute atomic E-state index is 0.185. The van der Waals surface area contributed by atoms with Crippen LogP contribution in [0.5, 0.6) is 5.75 Å². The molecule has 0 amide bonds. The average molecular weight is 243 g/mol. The quantitative estimate of drug-likeness (QED) is 0.891. The van der Waals surface area contributed by atoms with E-state index in [1.54, 1.807) is 0 Å². The second-order valence-electron chi connectivity index (χ2n) is 4.63.